The summed E-state index contributed by atoms with van der Waals surface area (Å²) in [6, 6.07) is 3.55. The molecule has 1 aliphatic rings. The fraction of sp³-hybridized carbons (Fsp3) is 0.462. The molecule has 3 N–H and O–H groups in total. The number of rotatable bonds is 4. The fourth-order valence-corrected chi connectivity index (χ4v) is 2.05. The zero-order valence-electron chi connectivity index (χ0n) is 10.6. The summed E-state index contributed by atoms with van der Waals surface area (Å²) in [6.45, 7) is 2.11. The van der Waals surface area contributed by atoms with Crippen molar-refractivity contribution in [3.63, 3.8) is 0 Å². The van der Waals surface area contributed by atoms with E-state index in [1.807, 2.05) is 6.92 Å². The first-order chi connectivity index (χ1) is 8.48. The summed E-state index contributed by atoms with van der Waals surface area (Å²) in [5.41, 5.74) is 4.83. The van der Waals surface area contributed by atoms with E-state index >= 15 is 0 Å². The average Bonchev–Trinajstić information content (AvgIpc) is 3.16. The average molecular weight is 291 g/mol. The Hall–Kier alpha value is -1.20. The van der Waals surface area contributed by atoms with Crippen LogP contribution >= 0.6 is 12.4 Å². The van der Waals surface area contributed by atoms with Gasteiger partial charge in [-0.1, -0.05) is 6.07 Å². The third kappa shape index (κ3) is 3.22. The van der Waals surface area contributed by atoms with E-state index in [9.17, 15) is 13.6 Å². The van der Waals surface area contributed by atoms with E-state index in [0.717, 1.165) is 18.9 Å². The standard InChI is InChI=1S/C13H16F2N2O.ClH/c1-13(7-16,8-5-6-8)17-12(18)9-3-2-4-10(14)11(9)15;/h2-4,8H,5-7,16H2,1H3,(H,17,18);1H. The van der Waals surface area contributed by atoms with E-state index in [0.29, 0.717) is 5.92 Å². The van der Waals surface area contributed by atoms with Crippen molar-refractivity contribution in [2.45, 2.75) is 25.3 Å². The van der Waals surface area contributed by atoms with Crippen LogP contribution in [0, 0.1) is 17.6 Å². The number of carbonyl (C=O) groups excluding carboxylic acids is 1. The second-order valence-corrected chi connectivity index (χ2v) is 4.95. The summed E-state index contributed by atoms with van der Waals surface area (Å²) in [5, 5.41) is 2.72. The highest BCUT2D eigenvalue weighted by atomic mass is 35.5. The van der Waals surface area contributed by atoms with Gasteiger partial charge in [-0.25, -0.2) is 8.78 Å². The molecule has 19 heavy (non-hydrogen) atoms. The van der Waals surface area contributed by atoms with E-state index < -0.39 is 23.1 Å². The Labute approximate surface area is 117 Å². The summed E-state index contributed by atoms with van der Waals surface area (Å²) < 4.78 is 26.5. The lowest BCUT2D eigenvalue weighted by atomic mass is 9.95. The van der Waals surface area contributed by atoms with E-state index in [1.54, 1.807) is 0 Å². The molecule has 2 rings (SSSR count). The van der Waals surface area contributed by atoms with Gasteiger partial charge in [-0.2, -0.15) is 0 Å². The van der Waals surface area contributed by atoms with Gasteiger partial charge in [0.15, 0.2) is 11.6 Å². The first-order valence-corrected chi connectivity index (χ1v) is 5.94. The van der Waals surface area contributed by atoms with Crippen LogP contribution in [0.15, 0.2) is 18.2 Å². The Bertz CT molecular complexity index is 480. The first kappa shape index (κ1) is 15.9. The number of amides is 1. The maximum Gasteiger partial charge on any atom is 0.254 e. The molecule has 106 valence electrons. The van der Waals surface area contributed by atoms with E-state index in [1.165, 1.54) is 12.1 Å². The highest BCUT2D eigenvalue weighted by molar-refractivity contribution is 5.95. The smallest absolute Gasteiger partial charge is 0.254 e. The van der Waals surface area contributed by atoms with Gasteiger partial charge in [-0.3, -0.25) is 4.79 Å². The lowest BCUT2D eigenvalue weighted by Crippen LogP contribution is -2.53. The molecule has 6 heteroatoms. The van der Waals surface area contributed by atoms with Crippen LogP contribution in [0.25, 0.3) is 0 Å². The molecule has 0 heterocycles. The molecule has 0 aliphatic heterocycles. The van der Waals surface area contributed by atoms with Crippen molar-refractivity contribution in [3.05, 3.63) is 35.4 Å². The summed E-state index contributed by atoms with van der Waals surface area (Å²) >= 11 is 0. The minimum Gasteiger partial charge on any atom is -0.345 e. The quantitative estimate of drug-likeness (QED) is 0.893. The number of nitrogens with two attached hydrogens (primary N) is 1. The summed E-state index contributed by atoms with van der Waals surface area (Å²) in [4.78, 5) is 12.0. The van der Waals surface area contributed by atoms with E-state index in [-0.39, 0.29) is 24.5 Å². The number of carbonyl (C=O) groups is 1. The highest BCUT2D eigenvalue weighted by Gasteiger charge is 2.41. The lowest BCUT2D eigenvalue weighted by Gasteiger charge is -2.29. The van der Waals surface area contributed by atoms with Crippen LogP contribution in [-0.2, 0) is 0 Å². The molecule has 1 amide bonds. The molecule has 0 spiro atoms. The van der Waals surface area contributed by atoms with Gasteiger partial charge in [0.05, 0.1) is 11.1 Å². The number of hydrogen-bond acceptors (Lipinski definition) is 2. The second kappa shape index (κ2) is 5.84. The van der Waals surface area contributed by atoms with Crippen molar-refractivity contribution in [2.75, 3.05) is 6.54 Å². The van der Waals surface area contributed by atoms with Gasteiger partial charge in [0.2, 0.25) is 0 Å². The van der Waals surface area contributed by atoms with Gasteiger partial charge in [-0.05, 0) is 37.8 Å². The number of nitrogens with one attached hydrogen (secondary N) is 1. The zero-order chi connectivity index (χ0) is 13.3. The Morgan fingerprint density at radius 2 is 2.11 bits per heavy atom. The van der Waals surface area contributed by atoms with E-state index in [4.69, 9.17) is 5.73 Å². The maximum atomic E-state index is 13.5. The molecule has 1 unspecified atom stereocenters. The molecule has 0 saturated heterocycles. The van der Waals surface area contributed by atoms with Crippen LogP contribution in [0.3, 0.4) is 0 Å². The van der Waals surface area contributed by atoms with Crippen LogP contribution in [0.2, 0.25) is 0 Å². The molecular weight excluding hydrogens is 274 g/mol. The van der Waals surface area contributed by atoms with E-state index in [2.05, 4.69) is 5.32 Å². The van der Waals surface area contributed by atoms with Gasteiger partial charge < -0.3 is 11.1 Å². The van der Waals surface area contributed by atoms with Gasteiger partial charge in [0.1, 0.15) is 0 Å². The molecular formula is C13H17ClF2N2O. The van der Waals surface area contributed by atoms with Crippen LogP contribution in [0.5, 0.6) is 0 Å². The van der Waals surface area contributed by atoms with Crippen molar-refractivity contribution in [2.24, 2.45) is 11.7 Å². The number of hydrogen-bond donors (Lipinski definition) is 2. The third-order valence-corrected chi connectivity index (χ3v) is 3.50. The van der Waals surface area contributed by atoms with Crippen LogP contribution in [-0.4, -0.2) is 18.0 Å². The van der Waals surface area contributed by atoms with Gasteiger partial charge in [0, 0.05) is 6.54 Å². The molecule has 1 fully saturated rings. The number of halogens is 3. The largest absolute Gasteiger partial charge is 0.345 e. The van der Waals surface area contributed by atoms with Gasteiger partial charge in [-0.15, -0.1) is 12.4 Å². The van der Waals surface area contributed by atoms with Crippen molar-refractivity contribution in [3.8, 4) is 0 Å². The third-order valence-electron chi connectivity index (χ3n) is 3.50. The Morgan fingerprint density at radius 3 is 2.63 bits per heavy atom. The van der Waals surface area contributed by atoms with Crippen molar-refractivity contribution in [1.29, 1.82) is 0 Å². The molecule has 1 atom stereocenters. The first-order valence-electron chi connectivity index (χ1n) is 5.94. The van der Waals surface area contributed by atoms with Crippen LogP contribution in [0.4, 0.5) is 8.78 Å². The number of benzene rings is 1. The predicted octanol–water partition coefficient (Wildman–Crippen LogP) is 2.24. The van der Waals surface area contributed by atoms with Gasteiger partial charge in [0.25, 0.3) is 5.91 Å². The Morgan fingerprint density at radius 1 is 1.47 bits per heavy atom. The molecule has 1 aromatic rings. The normalized spacial score (nSPS) is 17.3. The highest BCUT2D eigenvalue weighted by Crippen LogP contribution is 2.39. The van der Waals surface area contributed by atoms with Crippen molar-refractivity contribution >= 4 is 18.3 Å². The Kier molecular flexibility index (Phi) is 4.87. The van der Waals surface area contributed by atoms with Crippen molar-refractivity contribution in [1.82, 2.24) is 5.32 Å². The molecule has 1 aliphatic carbocycles. The zero-order valence-corrected chi connectivity index (χ0v) is 11.4. The lowest BCUT2D eigenvalue weighted by molar-refractivity contribution is 0.0892. The fourth-order valence-electron chi connectivity index (χ4n) is 2.05. The monoisotopic (exact) mass is 290 g/mol. The minimum atomic E-state index is -1.12. The molecule has 1 saturated carbocycles. The summed E-state index contributed by atoms with van der Waals surface area (Å²) in [6.07, 6.45) is 2.00. The predicted molar refractivity (Wildman–Crippen MR) is 71.3 cm³/mol. The molecule has 0 bridgehead atoms. The molecule has 0 radical (unpaired) electrons. The van der Waals surface area contributed by atoms with Gasteiger partial charge >= 0.3 is 0 Å². The molecule has 1 aromatic carbocycles. The molecule has 0 aromatic heterocycles. The summed E-state index contributed by atoms with van der Waals surface area (Å²) in [7, 11) is 0. The topological polar surface area (TPSA) is 55.1 Å². The SMILES string of the molecule is CC(CN)(NC(=O)c1cccc(F)c1F)C1CC1.Cl. The summed E-state index contributed by atoms with van der Waals surface area (Å²) in [5.74, 6) is -2.44. The maximum absolute atomic E-state index is 13.5. The molecule has 3 nitrogen and oxygen atoms in total. The minimum absolute atomic E-state index is 0. The van der Waals surface area contributed by atoms with Crippen LogP contribution < -0.4 is 11.1 Å². The van der Waals surface area contributed by atoms with Crippen molar-refractivity contribution < 1.29 is 13.6 Å². The van der Waals surface area contributed by atoms with Crippen LogP contribution in [0.1, 0.15) is 30.1 Å². The second-order valence-electron chi connectivity index (χ2n) is 4.95. The Balaban J connectivity index is 0.00000180.